The fourth-order valence-corrected chi connectivity index (χ4v) is 1.18. The Hall–Kier alpha value is -0.600. The van der Waals surface area contributed by atoms with Gasteiger partial charge in [-0.15, -0.1) is 0 Å². The number of ether oxygens (including phenoxy) is 1. The quantitative estimate of drug-likeness (QED) is 0.573. The normalized spacial score (nSPS) is 33.8. The number of hydrogen-bond donors (Lipinski definition) is 0. The third-order valence-electron chi connectivity index (χ3n) is 1.94. The Kier molecular flexibility index (Phi) is 4.86. The smallest absolute Gasteiger partial charge is 0.341 e. The van der Waals surface area contributed by atoms with Crippen molar-refractivity contribution in [2.75, 3.05) is 0 Å². The predicted octanol–water partition coefficient (Wildman–Crippen LogP) is 2.32. The Morgan fingerprint density at radius 1 is 1.50 bits per heavy atom. The van der Waals surface area contributed by atoms with Crippen LogP contribution in [0.5, 0.6) is 0 Å². The zero-order valence-corrected chi connectivity index (χ0v) is 8.13. The molecular formula is C9H17FO2. The molecule has 0 aliphatic carbocycles. The Morgan fingerprint density at radius 2 is 2.00 bits per heavy atom. The van der Waals surface area contributed by atoms with Crippen LogP contribution in [-0.4, -0.2) is 18.2 Å². The molecule has 1 fully saturated rings. The first-order valence-electron chi connectivity index (χ1n) is 4.51. The van der Waals surface area contributed by atoms with Crippen LogP contribution in [0, 0.1) is 5.92 Å². The molecule has 0 amide bonds. The van der Waals surface area contributed by atoms with Crippen LogP contribution in [0.3, 0.4) is 0 Å². The van der Waals surface area contributed by atoms with Crippen LogP contribution in [0.15, 0.2) is 0 Å². The van der Waals surface area contributed by atoms with E-state index in [1.165, 1.54) is 0 Å². The third kappa shape index (κ3) is 2.19. The van der Waals surface area contributed by atoms with Gasteiger partial charge in [-0.3, -0.25) is 0 Å². The molecule has 0 radical (unpaired) electrons. The highest BCUT2D eigenvalue weighted by Crippen LogP contribution is 2.26. The number of carbonyl (C=O) groups excluding carboxylic acids is 1. The number of alkyl halides is 1. The van der Waals surface area contributed by atoms with Crippen molar-refractivity contribution in [1.29, 1.82) is 0 Å². The van der Waals surface area contributed by atoms with Crippen molar-refractivity contribution >= 4 is 5.97 Å². The second kappa shape index (κ2) is 5.12. The maximum absolute atomic E-state index is 12.7. The van der Waals surface area contributed by atoms with Crippen molar-refractivity contribution in [2.45, 2.75) is 46.4 Å². The van der Waals surface area contributed by atoms with E-state index in [2.05, 4.69) is 0 Å². The lowest BCUT2D eigenvalue weighted by Crippen LogP contribution is -2.17. The van der Waals surface area contributed by atoms with Gasteiger partial charge in [0.05, 0.1) is 0 Å². The third-order valence-corrected chi connectivity index (χ3v) is 1.94. The van der Waals surface area contributed by atoms with Crippen molar-refractivity contribution in [3.05, 3.63) is 0 Å². The summed E-state index contributed by atoms with van der Waals surface area (Å²) in [6.45, 7) is 7.58. The Bertz CT molecular complexity index is 147. The summed E-state index contributed by atoms with van der Waals surface area (Å²) in [6, 6.07) is 0. The minimum absolute atomic E-state index is 0.206. The topological polar surface area (TPSA) is 26.3 Å². The largest absolute Gasteiger partial charge is 0.460 e. The zero-order chi connectivity index (χ0) is 9.72. The number of esters is 1. The van der Waals surface area contributed by atoms with Crippen LogP contribution in [0.25, 0.3) is 0 Å². The van der Waals surface area contributed by atoms with Crippen LogP contribution in [0.4, 0.5) is 4.39 Å². The van der Waals surface area contributed by atoms with E-state index in [0.717, 1.165) is 0 Å². The van der Waals surface area contributed by atoms with Crippen molar-refractivity contribution < 1.29 is 13.9 Å². The molecule has 1 heterocycles. The van der Waals surface area contributed by atoms with E-state index in [4.69, 9.17) is 4.74 Å². The van der Waals surface area contributed by atoms with E-state index >= 15 is 0 Å². The van der Waals surface area contributed by atoms with E-state index in [0.29, 0.717) is 6.42 Å². The molecule has 72 valence electrons. The average Bonchev–Trinajstić information content (AvgIpc) is 2.36. The van der Waals surface area contributed by atoms with Gasteiger partial charge in [0.1, 0.15) is 6.10 Å². The van der Waals surface area contributed by atoms with E-state index < -0.39 is 12.1 Å². The molecule has 1 aliphatic rings. The van der Waals surface area contributed by atoms with E-state index in [1.54, 1.807) is 6.92 Å². The Labute approximate surface area is 73.1 Å². The molecule has 3 unspecified atom stereocenters. The molecule has 0 aromatic rings. The highest BCUT2D eigenvalue weighted by molar-refractivity contribution is 5.77. The maximum Gasteiger partial charge on any atom is 0.341 e. The Balaban J connectivity index is 0.000000561. The first kappa shape index (κ1) is 11.4. The molecule has 1 saturated heterocycles. The van der Waals surface area contributed by atoms with Gasteiger partial charge in [0.15, 0.2) is 0 Å². The minimum Gasteiger partial charge on any atom is -0.460 e. The standard InChI is InChI=1S/C7H11FO2.C2H6/c1-3-5-4(2)6(8)7(9)10-5;1-2/h4-6H,3H2,1-2H3;1-2H3. The monoisotopic (exact) mass is 176 g/mol. The fraction of sp³-hybridized carbons (Fsp3) is 0.889. The highest BCUT2D eigenvalue weighted by atomic mass is 19.1. The lowest BCUT2D eigenvalue weighted by atomic mass is 10.0. The van der Waals surface area contributed by atoms with Crippen molar-refractivity contribution in [3.8, 4) is 0 Å². The molecule has 2 nitrogen and oxygen atoms in total. The summed E-state index contributed by atoms with van der Waals surface area (Å²) >= 11 is 0. The summed E-state index contributed by atoms with van der Waals surface area (Å²) < 4.78 is 17.4. The van der Waals surface area contributed by atoms with Gasteiger partial charge < -0.3 is 4.74 Å². The zero-order valence-electron chi connectivity index (χ0n) is 8.13. The van der Waals surface area contributed by atoms with Crippen molar-refractivity contribution in [1.82, 2.24) is 0 Å². The second-order valence-corrected chi connectivity index (χ2v) is 2.64. The number of halogens is 1. The average molecular weight is 176 g/mol. The SMILES string of the molecule is CC.CCC1OC(=O)C(F)C1C. The second-order valence-electron chi connectivity index (χ2n) is 2.64. The van der Waals surface area contributed by atoms with Crippen LogP contribution in [0.1, 0.15) is 34.1 Å². The number of rotatable bonds is 1. The number of carbonyl (C=O) groups is 1. The Morgan fingerprint density at radius 3 is 2.17 bits per heavy atom. The molecule has 0 N–H and O–H groups in total. The van der Waals surface area contributed by atoms with E-state index in [1.807, 2.05) is 20.8 Å². The van der Waals surface area contributed by atoms with Crippen molar-refractivity contribution in [2.24, 2.45) is 5.92 Å². The lowest BCUT2D eigenvalue weighted by molar-refractivity contribution is -0.145. The van der Waals surface area contributed by atoms with Crippen LogP contribution in [0.2, 0.25) is 0 Å². The summed E-state index contributed by atoms with van der Waals surface area (Å²) in [5.41, 5.74) is 0. The molecule has 0 aromatic heterocycles. The molecule has 1 rings (SSSR count). The van der Waals surface area contributed by atoms with Gasteiger partial charge in [0, 0.05) is 5.92 Å². The van der Waals surface area contributed by atoms with Crippen LogP contribution < -0.4 is 0 Å². The molecule has 12 heavy (non-hydrogen) atoms. The van der Waals surface area contributed by atoms with Gasteiger partial charge in [-0.05, 0) is 6.42 Å². The van der Waals surface area contributed by atoms with Crippen LogP contribution in [-0.2, 0) is 9.53 Å². The maximum atomic E-state index is 12.7. The summed E-state index contributed by atoms with van der Waals surface area (Å²) in [6.07, 6.45) is -0.903. The fourth-order valence-electron chi connectivity index (χ4n) is 1.18. The minimum atomic E-state index is -1.40. The van der Waals surface area contributed by atoms with Gasteiger partial charge in [0.25, 0.3) is 0 Å². The van der Waals surface area contributed by atoms with Crippen LogP contribution >= 0.6 is 0 Å². The molecule has 1 aliphatic heterocycles. The highest BCUT2D eigenvalue weighted by Gasteiger charge is 2.40. The van der Waals surface area contributed by atoms with Gasteiger partial charge in [-0.25, -0.2) is 9.18 Å². The van der Waals surface area contributed by atoms with E-state index in [9.17, 15) is 9.18 Å². The molecule has 0 spiro atoms. The first-order valence-corrected chi connectivity index (χ1v) is 4.51. The number of cyclic esters (lactones) is 1. The summed E-state index contributed by atoms with van der Waals surface area (Å²) in [7, 11) is 0. The predicted molar refractivity (Wildman–Crippen MR) is 45.6 cm³/mol. The van der Waals surface area contributed by atoms with Gasteiger partial charge in [0.2, 0.25) is 6.17 Å². The first-order chi connectivity index (χ1) is 5.66. The van der Waals surface area contributed by atoms with Gasteiger partial charge in [-0.2, -0.15) is 0 Å². The van der Waals surface area contributed by atoms with Crippen molar-refractivity contribution in [3.63, 3.8) is 0 Å². The summed E-state index contributed by atoms with van der Waals surface area (Å²) in [5.74, 6) is -0.961. The number of hydrogen-bond acceptors (Lipinski definition) is 2. The molecule has 3 atom stereocenters. The van der Waals surface area contributed by atoms with E-state index in [-0.39, 0.29) is 12.0 Å². The van der Waals surface area contributed by atoms with Gasteiger partial charge in [-0.1, -0.05) is 27.7 Å². The lowest BCUT2D eigenvalue weighted by Gasteiger charge is -2.09. The molecule has 3 heteroatoms. The summed E-state index contributed by atoms with van der Waals surface area (Å²) in [5, 5.41) is 0. The molecular weight excluding hydrogens is 159 g/mol. The molecule has 0 saturated carbocycles. The summed E-state index contributed by atoms with van der Waals surface area (Å²) in [4.78, 5) is 10.6. The molecule has 0 aromatic carbocycles. The molecule has 0 bridgehead atoms. The van der Waals surface area contributed by atoms with Gasteiger partial charge >= 0.3 is 5.97 Å².